The van der Waals surface area contributed by atoms with Crippen molar-refractivity contribution in [1.29, 1.82) is 0 Å². The number of carbonyl (C=O) groups is 7. The molecule has 386 valence electrons. The Morgan fingerprint density at radius 2 is 0.917 bits per heavy atom. The molecular formula is C50H53Cl4F3N6O9. The van der Waals surface area contributed by atoms with E-state index in [0.29, 0.717) is 61.2 Å². The van der Waals surface area contributed by atoms with Gasteiger partial charge in [-0.15, -0.1) is 0 Å². The Balaban J connectivity index is 0.000000271. The molecule has 2 aliphatic rings. The molecule has 72 heavy (non-hydrogen) atoms. The van der Waals surface area contributed by atoms with Crippen LogP contribution in [0.3, 0.4) is 0 Å². The molecule has 22 heteroatoms. The summed E-state index contributed by atoms with van der Waals surface area (Å²) in [6.45, 7) is 0.0217. The number of anilines is 2. The fourth-order valence-corrected chi connectivity index (χ4v) is 9.97. The van der Waals surface area contributed by atoms with Crippen LogP contribution in [-0.4, -0.2) is 83.0 Å². The number of amides is 5. The van der Waals surface area contributed by atoms with E-state index in [4.69, 9.17) is 52.1 Å². The Morgan fingerprint density at radius 1 is 0.569 bits per heavy atom. The van der Waals surface area contributed by atoms with Crippen molar-refractivity contribution >= 4 is 99.3 Å². The largest absolute Gasteiger partial charge is 0.480 e. The number of nitrogens with two attached hydrogens (primary N) is 1. The van der Waals surface area contributed by atoms with E-state index in [1.165, 1.54) is 12.1 Å². The number of nitrogens with one attached hydrogen (secondary N) is 5. The van der Waals surface area contributed by atoms with Crippen LogP contribution in [0.15, 0.2) is 84.9 Å². The van der Waals surface area contributed by atoms with Crippen molar-refractivity contribution < 1.29 is 56.9 Å². The Bertz CT molecular complexity index is 2570. The Kier molecular flexibility index (Phi) is 20.3. The van der Waals surface area contributed by atoms with Crippen LogP contribution in [0.4, 0.5) is 24.5 Å². The number of aliphatic carboxylic acids is 2. The summed E-state index contributed by atoms with van der Waals surface area (Å²) in [6.07, 6.45) is 0.917. The first-order chi connectivity index (χ1) is 34.1. The maximum absolute atomic E-state index is 13.1. The molecule has 6 rings (SSSR count). The Labute approximate surface area is 433 Å². The fraction of sp³-hybridized carbons (Fsp3) is 0.380. The summed E-state index contributed by atoms with van der Waals surface area (Å²) in [4.78, 5) is 86.0. The molecule has 4 aromatic carbocycles. The van der Waals surface area contributed by atoms with E-state index in [0.717, 1.165) is 25.7 Å². The highest BCUT2D eigenvalue weighted by molar-refractivity contribution is 6.41. The standard InChI is InChI=1S/C26H26Cl2F3N3O5.C24H27Cl2N3O4/c27-17-4-3-5-18(28)20(17)21(35)33-16-8-6-15(7-9-16)14-19(22(36)37)34-23(38)25(10-1-2-11-25)12-13-32-24(39)26(29,30)31;25-17-4-3-5-18(26)20(17)21(30)28-16-8-6-15(7-9-16)14-19(22(31)32)29-23(33)24(12-13-27)10-1-2-11-24/h3-9,19H,1-2,10-14H2,(H,32,39)(H,33,35)(H,34,38)(H,36,37);3-9,19H,1-2,10-14,27H2,(H,28,30)(H,29,33)(H,31,32). The van der Waals surface area contributed by atoms with Crippen LogP contribution >= 0.6 is 46.4 Å². The first-order valence-corrected chi connectivity index (χ1v) is 24.4. The summed E-state index contributed by atoms with van der Waals surface area (Å²) in [7, 11) is 0. The first kappa shape index (κ1) is 57.0. The predicted molar refractivity (Wildman–Crippen MR) is 267 cm³/mol. The van der Waals surface area contributed by atoms with Gasteiger partial charge in [0.15, 0.2) is 0 Å². The van der Waals surface area contributed by atoms with E-state index < -0.39 is 64.7 Å². The predicted octanol–water partition coefficient (Wildman–Crippen LogP) is 9.25. The van der Waals surface area contributed by atoms with Crippen LogP contribution < -0.4 is 32.3 Å². The van der Waals surface area contributed by atoms with Gasteiger partial charge in [0.1, 0.15) is 12.1 Å². The van der Waals surface area contributed by atoms with Crippen LogP contribution in [0.25, 0.3) is 0 Å². The zero-order chi connectivity index (χ0) is 52.8. The number of halogens is 7. The fourth-order valence-electron chi connectivity index (χ4n) is 8.84. The molecule has 2 unspecified atom stereocenters. The highest BCUT2D eigenvalue weighted by Gasteiger charge is 2.44. The van der Waals surface area contributed by atoms with E-state index >= 15 is 0 Å². The van der Waals surface area contributed by atoms with Gasteiger partial charge in [-0.1, -0.05) is 108 Å². The van der Waals surface area contributed by atoms with Crippen molar-refractivity contribution in [3.05, 3.63) is 127 Å². The highest BCUT2D eigenvalue weighted by atomic mass is 35.5. The smallest absolute Gasteiger partial charge is 0.471 e. The second kappa shape index (κ2) is 25.6. The van der Waals surface area contributed by atoms with Gasteiger partial charge in [-0.25, -0.2) is 9.59 Å². The monoisotopic (exact) mass is 1080 g/mol. The van der Waals surface area contributed by atoms with E-state index in [1.54, 1.807) is 78.1 Å². The molecule has 4 aromatic rings. The summed E-state index contributed by atoms with van der Waals surface area (Å²) >= 11 is 24.3. The van der Waals surface area contributed by atoms with Crippen molar-refractivity contribution in [3.8, 4) is 0 Å². The molecule has 2 saturated carbocycles. The lowest BCUT2D eigenvalue weighted by atomic mass is 9.81. The molecule has 0 radical (unpaired) electrons. The molecule has 15 nitrogen and oxygen atoms in total. The maximum Gasteiger partial charge on any atom is 0.471 e. The lowest BCUT2D eigenvalue weighted by molar-refractivity contribution is -0.173. The number of carboxylic acid groups (broad SMARTS) is 2. The Hall–Kier alpha value is -5.92. The lowest BCUT2D eigenvalue weighted by Gasteiger charge is -2.29. The molecule has 0 saturated heterocycles. The van der Waals surface area contributed by atoms with Crippen molar-refractivity contribution in [2.45, 2.75) is 95.3 Å². The summed E-state index contributed by atoms with van der Waals surface area (Å²) in [5.41, 5.74) is 6.51. The quantitative estimate of drug-likeness (QED) is 0.0442. The number of carbonyl (C=O) groups excluding carboxylic acids is 5. The highest BCUT2D eigenvalue weighted by Crippen LogP contribution is 2.42. The van der Waals surface area contributed by atoms with Crippen molar-refractivity contribution in [2.75, 3.05) is 23.7 Å². The average molecular weight is 1080 g/mol. The third kappa shape index (κ3) is 15.3. The van der Waals surface area contributed by atoms with Gasteiger partial charge >= 0.3 is 24.0 Å². The number of carboxylic acids is 2. The topological polar surface area (TPSA) is 246 Å². The maximum atomic E-state index is 13.1. The molecule has 0 aromatic heterocycles. The zero-order valence-electron chi connectivity index (χ0n) is 38.6. The molecule has 2 atom stereocenters. The molecule has 0 spiro atoms. The summed E-state index contributed by atoms with van der Waals surface area (Å²) < 4.78 is 37.4. The van der Waals surface area contributed by atoms with Crippen molar-refractivity contribution in [2.24, 2.45) is 16.6 Å². The van der Waals surface area contributed by atoms with Crippen molar-refractivity contribution in [3.63, 3.8) is 0 Å². The van der Waals surface area contributed by atoms with Crippen LogP contribution in [0.1, 0.15) is 96.1 Å². The number of rotatable bonds is 19. The van der Waals surface area contributed by atoms with Gasteiger partial charge in [0.2, 0.25) is 11.8 Å². The SMILES string of the molecule is NCCC1(C(=O)NC(Cc2ccc(NC(=O)c3c(Cl)cccc3Cl)cc2)C(=O)O)CCCC1.O=C(Nc1ccc(CC(NC(=O)C2(CCNC(=O)C(F)(F)F)CCCC2)C(=O)O)cc1)c1c(Cl)cccc1Cl. The molecule has 0 heterocycles. The first-order valence-electron chi connectivity index (χ1n) is 22.9. The summed E-state index contributed by atoms with van der Waals surface area (Å²) in [5, 5.41) is 32.6. The molecule has 0 bridgehead atoms. The minimum atomic E-state index is -5.03. The van der Waals surface area contributed by atoms with Gasteiger partial charge in [0.05, 0.1) is 42.0 Å². The van der Waals surface area contributed by atoms with E-state index in [1.807, 2.05) is 0 Å². The minimum Gasteiger partial charge on any atom is -0.480 e. The molecule has 0 aliphatic heterocycles. The van der Waals surface area contributed by atoms with E-state index in [-0.39, 0.29) is 62.9 Å². The number of alkyl halides is 3. The molecule has 2 fully saturated rings. The van der Waals surface area contributed by atoms with Gasteiger partial charge in [-0.3, -0.25) is 24.0 Å². The second-order valence-electron chi connectivity index (χ2n) is 17.6. The van der Waals surface area contributed by atoms with Crippen LogP contribution in [0.2, 0.25) is 20.1 Å². The molecule has 9 N–H and O–H groups in total. The minimum absolute atomic E-state index is 0.0448. The van der Waals surface area contributed by atoms with Gasteiger partial charge in [0, 0.05) is 30.8 Å². The zero-order valence-corrected chi connectivity index (χ0v) is 41.6. The van der Waals surface area contributed by atoms with E-state index in [2.05, 4.69) is 21.3 Å². The van der Waals surface area contributed by atoms with Gasteiger partial charge in [-0.05, 0) is 105 Å². The van der Waals surface area contributed by atoms with Crippen LogP contribution in [0.5, 0.6) is 0 Å². The van der Waals surface area contributed by atoms with Gasteiger partial charge in [-0.2, -0.15) is 13.2 Å². The molecule has 5 amide bonds. The molecular weight excluding hydrogens is 1030 g/mol. The second-order valence-corrected chi connectivity index (χ2v) is 19.3. The van der Waals surface area contributed by atoms with Gasteiger partial charge in [0.25, 0.3) is 11.8 Å². The summed E-state index contributed by atoms with van der Waals surface area (Å²) in [5.74, 6) is -6.26. The third-order valence-electron chi connectivity index (χ3n) is 12.7. The van der Waals surface area contributed by atoms with Crippen LogP contribution in [-0.2, 0) is 36.8 Å². The molecule has 2 aliphatic carbocycles. The average Bonchev–Trinajstić information content (AvgIpc) is 4.01. The van der Waals surface area contributed by atoms with Crippen LogP contribution in [0, 0.1) is 10.8 Å². The lowest BCUT2D eigenvalue weighted by Crippen LogP contribution is -2.50. The number of hydrogen-bond acceptors (Lipinski definition) is 8. The number of hydrogen-bond donors (Lipinski definition) is 8. The normalized spacial score (nSPS) is 15.4. The third-order valence-corrected chi connectivity index (χ3v) is 14.0. The van der Waals surface area contributed by atoms with E-state index in [9.17, 15) is 56.9 Å². The van der Waals surface area contributed by atoms with Gasteiger partial charge < -0.3 is 42.5 Å². The Morgan fingerprint density at radius 3 is 1.24 bits per heavy atom. The number of benzene rings is 4. The summed E-state index contributed by atoms with van der Waals surface area (Å²) in [6, 6.07) is 20.1. The van der Waals surface area contributed by atoms with Crippen molar-refractivity contribution in [1.82, 2.24) is 16.0 Å².